The highest BCUT2D eigenvalue weighted by Gasteiger charge is 2.22. The summed E-state index contributed by atoms with van der Waals surface area (Å²) in [6.45, 7) is 4.82. The fraction of sp³-hybridized carbons (Fsp3) is 0.250. The smallest absolute Gasteiger partial charge is 0.127 e. The van der Waals surface area contributed by atoms with Crippen LogP contribution in [0.4, 0.5) is 0 Å². The summed E-state index contributed by atoms with van der Waals surface area (Å²) in [7, 11) is 7.25. The van der Waals surface area contributed by atoms with Crippen molar-refractivity contribution in [3.05, 3.63) is 65.6 Å². The topological polar surface area (TPSA) is 46.6 Å². The van der Waals surface area contributed by atoms with Gasteiger partial charge >= 0.3 is 0 Å². The van der Waals surface area contributed by atoms with Crippen LogP contribution in [-0.4, -0.2) is 38.2 Å². The normalized spacial score (nSPS) is 13.4. The van der Waals surface area contributed by atoms with Crippen molar-refractivity contribution in [3.8, 4) is 11.5 Å². The van der Waals surface area contributed by atoms with Crippen LogP contribution in [0.25, 0.3) is 11.3 Å². The van der Waals surface area contributed by atoms with Gasteiger partial charge in [-0.05, 0) is 36.4 Å². The summed E-state index contributed by atoms with van der Waals surface area (Å²) in [6, 6.07) is 6.11. The molecule has 2 heterocycles. The molecular weight excluding hydrogens is 314 g/mol. The Balaban J connectivity index is 2.19. The van der Waals surface area contributed by atoms with Gasteiger partial charge < -0.3 is 19.7 Å². The van der Waals surface area contributed by atoms with Gasteiger partial charge in [0.2, 0.25) is 0 Å². The Morgan fingerprint density at radius 2 is 1.84 bits per heavy atom. The van der Waals surface area contributed by atoms with E-state index in [0.29, 0.717) is 6.54 Å². The zero-order valence-corrected chi connectivity index (χ0v) is 15.1. The third-order valence-electron chi connectivity index (χ3n) is 4.44. The van der Waals surface area contributed by atoms with Gasteiger partial charge in [-0.1, -0.05) is 6.58 Å². The van der Waals surface area contributed by atoms with Crippen molar-refractivity contribution >= 4 is 11.3 Å². The molecule has 1 aromatic heterocycles. The molecule has 0 saturated heterocycles. The summed E-state index contributed by atoms with van der Waals surface area (Å²) < 4.78 is 11.2. The number of nitrogens with zero attached hydrogens (tertiary/aromatic N) is 2. The monoisotopic (exact) mass is 337 g/mol. The lowest BCUT2D eigenvalue weighted by molar-refractivity contribution is 0.383. The summed E-state index contributed by atoms with van der Waals surface area (Å²) >= 11 is 0. The SMILES string of the molecule is C=C1c2cnccc2C(c2cc(OC)c(CNC)c(OC)c2)=CN1C. The molecule has 1 N–H and O–H groups in total. The van der Waals surface area contributed by atoms with Gasteiger partial charge in [0.05, 0.1) is 14.2 Å². The number of aromatic nitrogens is 1. The van der Waals surface area contributed by atoms with E-state index in [0.717, 1.165) is 45.0 Å². The lowest BCUT2D eigenvalue weighted by Gasteiger charge is -2.28. The molecular formula is C20H23N3O2. The number of methoxy groups -OCH3 is 2. The number of rotatable bonds is 5. The molecule has 25 heavy (non-hydrogen) atoms. The quantitative estimate of drug-likeness (QED) is 0.908. The van der Waals surface area contributed by atoms with Crippen molar-refractivity contribution in [2.45, 2.75) is 6.54 Å². The van der Waals surface area contributed by atoms with Crippen molar-refractivity contribution in [1.29, 1.82) is 0 Å². The average molecular weight is 337 g/mol. The van der Waals surface area contributed by atoms with Crippen molar-refractivity contribution < 1.29 is 9.47 Å². The Labute approximate surface area is 148 Å². The molecule has 0 atom stereocenters. The Hall–Kier alpha value is -2.79. The molecule has 0 fully saturated rings. The van der Waals surface area contributed by atoms with Crippen LogP contribution in [0, 0.1) is 0 Å². The van der Waals surface area contributed by atoms with Crippen molar-refractivity contribution in [2.75, 3.05) is 28.3 Å². The molecule has 130 valence electrons. The van der Waals surface area contributed by atoms with Crippen LogP contribution in [0.1, 0.15) is 22.3 Å². The van der Waals surface area contributed by atoms with E-state index in [4.69, 9.17) is 9.47 Å². The maximum atomic E-state index is 5.62. The number of benzene rings is 1. The number of pyridine rings is 1. The first-order valence-corrected chi connectivity index (χ1v) is 8.08. The molecule has 1 aliphatic rings. The second kappa shape index (κ2) is 6.99. The van der Waals surface area contributed by atoms with E-state index in [9.17, 15) is 0 Å². The predicted octanol–water partition coefficient (Wildman–Crippen LogP) is 3.12. The van der Waals surface area contributed by atoms with Crippen LogP contribution in [0.5, 0.6) is 11.5 Å². The average Bonchev–Trinajstić information content (AvgIpc) is 2.65. The van der Waals surface area contributed by atoms with Gasteiger partial charge in [0.15, 0.2) is 0 Å². The van der Waals surface area contributed by atoms with Gasteiger partial charge in [0.1, 0.15) is 11.5 Å². The minimum Gasteiger partial charge on any atom is -0.496 e. The molecule has 5 nitrogen and oxygen atoms in total. The van der Waals surface area contributed by atoms with Crippen LogP contribution in [0.2, 0.25) is 0 Å². The van der Waals surface area contributed by atoms with E-state index in [1.807, 2.05) is 43.4 Å². The van der Waals surface area contributed by atoms with E-state index in [1.54, 1.807) is 20.4 Å². The minimum atomic E-state index is 0.670. The third-order valence-corrected chi connectivity index (χ3v) is 4.44. The summed E-state index contributed by atoms with van der Waals surface area (Å²) in [5, 5.41) is 3.16. The first-order chi connectivity index (χ1) is 12.1. The highest BCUT2D eigenvalue weighted by molar-refractivity contribution is 5.90. The maximum Gasteiger partial charge on any atom is 0.127 e. The van der Waals surface area contributed by atoms with Gasteiger partial charge in [-0.15, -0.1) is 0 Å². The number of ether oxygens (including phenoxy) is 2. The van der Waals surface area contributed by atoms with Gasteiger partial charge in [0.25, 0.3) is 0 Å². The fourth-order valence-electron chi connectivity index (χ4n) is 3.11. The molecule has 0 radical (unpaired) electrons. The Bertz CT molecular complexity index is 818. The van der Waals surface area contributed by atoms with E-state index < -0.39 is 0 Å². The van der Waals surface area contributed by atoms with Gasteiger partial charge in [-0.3, -0.25) is 4.98 Å². The molecule has 0 saturated carbocycles. The number of hydrogen-bond acceptors (Lipinski definition) is 5. The zero-order valence-electron chi connectivity index (χ0n) is 15.1. The van der Waals surface area contributed by atoms with Crippen molar-refractivity contribution in [1.82, 2.24) is 15.2 Å². The van der Waals surface area contributed by atoms with Gasteiger partial charge in [0, 0.05) is 54.6 Å². The Morgan fingerprint density at radius 1 is 1.16 bits per heavy atom. The van der Waals surface area contributed by atoms with Crippen LogP contribution in [-0.2, 0) is 6.54 Å². The standard InChI is InChI=1S/C20H23N3O2/c1-13-16-11-22-7-6-15(16)18(12-23(13)3)14-8-19(24-4)17(10-21-2)20(9-14)25-5/h6-9,11-12,21H,1,10H2,2-5H3. The van der Waals surface area contributed by atoms with Crippen LogP contribution >= 0.6 is 0 Å². The molecule has 0 bridgehead atoms. The third kappa shape index (κ3) is 2.98. The molecule has 1 aromatic carbocycles. The molecule has 1 aliphatic heterocycles. The summed E-state index contributed by atoms with van der Waals surface area (Å²) in [5.41, 5.74) is 6.17. The molecule has 0 amide bonds. The lowest BCUT2D eigenvalue weighted by atomic mass is 9.91. The second-order valence-corrected chi connectivity index (χ2v) is 5.91. The molecule has 0 spiro atoms. The Morgan fingerprint density at radius 3 is 2.44 bits per heavy atom. The maximum absolute atomic E-state index is 5.62. The number of fused-ring (bicyclic) bond motifs is 1. The summed E-state index contributed by atoms with van der Waals surface area (Å²) in [4.78, 5) is 6.26. The van der Waals surface area contributed by atoms with Gasteiger partial charge in [-0.2, -0.15) is 0 Å². The molecule has 0 unspecified atom stereocenters. The molecule has 2 aromatic rings. The highest BCUT2D eigenvalue weighted by atomic mass is 16.5. The van der Waals surface area contributed by atoms with Gasteiger partial charge in [-0.25, -0.2) is 0 Å². The van der Waals surface area contributed by atoms with E-state index in [-0.39, 0.29) is 0 Å². The number of nitrogens with one attached hydrogen (secondary N) is 1. The first-order valence-electron chi connectivity index (χ1n) is 8.08. The summed E-state index contributed by atoms with van der Waals surface area (Å²) in [6.07, 6.45) is 5.73. The molecule has 3 rings (SSSR count). The van der Waals surface area contributed by atoms with Crippen LogP contribution in [0.3, 0.4) is 0 Å². The molecule has 5 heteroatoms. The Kier molecular flexibility index (Phi) is 4.76. The second-order valence-electron chi connectivity index (χ2n) is 5.91. The largest absolute Gasteiger partial charge is 0.496 e. The fourth-order valence-corrected chi connectivity index (χ4v) is 3.11. The minimum absolute atomic E-state index is 0.670. The first kappa shape index (κ1) is 17.0. The lowest BCUT2D eigenvalue weighted by Crippen LogP contribution is -2.16. The van der Waals surface area contributed by atoms with Crippen LogP contribution < -0.4 is 14.8 Å². The van der Waals surface area contributed by atoms with Crippen molar-refractivity contribution in [2.24, 2.45) is 0 Å². The highest BCUT2D eigenvalue weighted by Crippen LogP contribution is 2.39. The van der Waals surface area contributed by atoms with Crippen molar-refractivity contribution in [3.63, 3.8) is 0 Å². The summed E-state index contributed by atoms with van der Waals surface area (Å²) in [5.74, 6) is 1.60. The predicted molar refractivity (Wildman–Crippen MR) is 100 cm³/mol. The van der Waals surface area contributed by atoms with Crippen LogP contribution in [0.15, 0.2) is 43.4 Å². The van der Waals surface area contributed by atoms with E-state index in [2.05, 4.69) is 23.1 Å². The van der Waals surface area contributed by atoms with E-state index in [1.165, 1.54) is 0 Å². The zero-order chi connectivity index (χ0) is 18.0. The number of hydrogen-bond donors (Lipinski definition) is 1. The van der Waals surface area contributed by atoms with E-state index >= 15 is 0 Å². The molecule has 0 aliphatic carbocycles.